The summed E-state index contributed by atoms with van der Waals surface area (Å²) in [5, 5.41) is 10.2. The Labute approximate surface area is 106 Å². The highest BCUT2D eigenvalue weighted by molar-refractivity contribution is 5.85. The third kappa shape index (κ3) is 1.62. The van der Waals surface area contributed by atoms with Gasteiger partial charge in [-0.1, -0.05) is 25.1 Å². The number of nitrogens with one attached hydrogen (secondary N) is 1. The minimum atomic E-state index is -0.708. The summed E-state index contributed by atoms with van der Waals surface area (Å²) in [6, 6.07) is 8.32. The summed E-state index contributed by atoms with van der Waals surface area (Å²) >= 11 is 0. The second kappa shape index (κ2) is 3.87. The van der Waals surface area contributed by atoms with Gasteiger partial charge in [-0.05, 0) is 30.9 Å². The predicted octanol–water partition coefficient (Wildman–Crippen LogP) is 3.24. The molecule has 0 spiro atoms. The Morgan fingerprint density at radius 2 is 2.22 bits per heavy atom. The van der Waals surface area contributed by atoms with E-state index in [1.807, 2.05) is 6.07 Å². The van der Waals surface area contributed by atoms with Gasteiger partial charge in [-0.2, -0.15) is 0 Å². The maximum absolute atomic E-state index is 10.8. The number of para-hydroxylation sites is 1. The largest absolute Gasteiger partial charge is 0.481 e. The van der Waals surface area contributed by atoms with Crippen LogP contribution in [-0.2, 0) is 16.6 Å². The molecule has 3 nitrogen and oxygen atoms in total. The highest BCUT2D eigenvalue weighted by atomic mass is 16.4. The molecule has 18 heavy (non-hydrogen) atoms. The molecule has 0 amide bonds. The van der Waals surface area contributed by atoms with Crippen LogP contribution in [0.3, 0.4) is 0 Å². The number of carboxylic acids is 1. The van der Waals surface area contributed by atoms with Crippen LogP contribution in [0.1, 0.15) is 37.4 Å². The van der Waals surface area contributed by atoms with E-state index < -0.39 is 5.97 Å². The van der Waals surface area contributed by atoms with Crippen LogP contribution in [-0.4, -0.2) is 16.1 Å². The van der Waals surface area contributed by atoms with Crippen molar-refractivity contribution in [2.45, 2.75) is 38.0 Å². The molecule has 94 valence electrons. The van der Waals surface area contributed by atoms with Crippen molar-refractivity contribution in [3.63, 3.8) is 0 Å². The summed E-state index contributed by atoms with van der Waals surface area (Å²) in [6.45, 7) is 2.18. The van der Waals surface area contributed by atoms with E-state index in [1.165, 1.54) is 22.2 Å². The first kappa shape index (κ1) is 11.3. The molecule has 1 aliphatic carbocycles. The molecule has 0 saturated carbocycles. The van der Waals surface area contributed by atoms with Gasteiger partial charge in [0.2, 0.25) is 0 Å². The Bertz CT molecular complexity index is 614. The standard InChI is InChI=1S/C15H17NO2/c1-15(9-7-13(17)18)8-6-11-10-4-2-3-5-12(10)16-14(11)15/h2-5,16H,6-9H2,1H3,(H,17,18)/t15-/m1/s1. The molecule has 0 aliphatic heterocycles. The van der Waals surface area contributed by atoms with Crippen LogP contribution < -0.4 is 0 Å². The number of benzene rings is 1. The van der Waals surface area contributed by atoms with Crippen molar-refractivity contribution < 1.29 is 9.90 Å². The minimum Gasteiger partial charge on any atom is -0.481 e. The summed E-state index contributed by atoms with van der Waals surface area (Å²) in [4.78, 5) is 14.3. The third-order valence-electron chi connectivity index (χ3n) is 4.23. The topological polar surface area (TPSA) is 53.1 Å². The molecular weight excluding hydrogens is 226 g/mol. The van der Waals surface area contributed by atoms with Crippen molar-refractivity contribution in [1.82, 2.24) is 4.98 Å². The quantitative estimate of drug-likeness (QED) is 0.869. The fraction of sp³-hybridized carbons (Fsp3) is 0.400. The fourth-order valence-electron chi connectivity index (χ4n) is 3.13. The van der Waals surface area contributed by atoms with Crippen LogP contribution in [0.15, 0.2) is 24.3 Å². The molecule has 1 aromatic carbocycles. The Kier molecular flexibility index (Phi) is 2.44. The van der Waals surface area contributed by atoms with E-state index in [2.05, 4.69) is 30.1 Å². The van der Waals surface area contributed by atoms with Crippen LogP contribution in [0, 0.1) is 0 Å². The average molecular weight is 243 g/mol. The normalized spacial score (nSPS) is 22.3. The Hall–Kier alpha value is -1.77. The Morgan fingerprint density at radius 1 is 1.44 bits per heavy atom. The minimum absolute atomic E-state index is 0.00720. The van der Waals surface area contributed by atoms with E-state index in [0.29, 0.717) is 6.42 Å². The van der Waals surface area contributed by atoms with E-state index in [4.69, 9.17) is 5.11 Å². The van der Waals surface area contributed by atoms with Crippen LogP contribution >= 0.6 is 0 Å². The number of hydrogen-bond acceptors (Lipinski definition) is 1. The zero-order chi connectivity index (χ0) is 12.8. The number of hydrogen-bond donors (Lipinski definition) is 2. The summed E-state index contributed by atoms with van der Waals surface area (Å²) in [5.41, 5.74) is 3.81. The lowest BCUT2D eigenvalue weighted by atomic mass is 9.83. The number of aromatic nitrogens is 1. The molecule has 2 N–H and O–H groups in total. The zero-order valence-electron chi connectivity index (χ0n) is 10.5. The second-order valence-corrected chi connectivity index (χ2v) is 5.48. The molecule has 0 bridgehead atoms. The van der Waals surface area contributed by atoms with Crippen molar-refractivity contribution in [1.29, 1.82) is 0 Å². The van der Waals surface area contributed by atoms with Crippen LogP contribution in [0.4, 0.5) is 0 Å². The lowest BCUT2D eigenvalue weighted by Crippen LogP contribution is -2.20. The van der Waals surface area contributed by atoms with E-state index >= 15 is 0 Å². The summed E-state index contributed by atoms with van der Waals surface area (Å²) in [6.07, 6.45) is 3.05. The van der Waals surface area contributed by atoms with Gasteiger partial charge >= 0.3 is 5.97 Å². The maximum atomic E-state index is 10.8. The molecule has 2 aromatic rings. The van der Waals surface area contributed by atoms with Gasteiger partial charge in [0.05, 0.1) is 0 Å². The van der Waals surface area contributed by atoms with E-state index in [9.17, 15) is 4.79 Å². The third-order valence-corrected chi connectivity index (χ3v) is 4.23. The Balaban J connectivity index is 2.02. The lowest BCUT2D eigenvalue weighted by Gasteiger charge is -2.23. The number of carboxylic acid groups (broad SMARTS) is 1. The molecule has 1 aliphatic rings. The van der Waals surface area contributed by atoms with Gasteiger partial charge in [-0.25, -0.2) is 0 Å². The zero-order valence-corrected chi connectivity index (χ0v) is 10.5. The summed E-state index contributed by atoms with van der Waals surface area (Å²) in [5.74, 6) is -0.708. The summed E-state index contributed by atoms with van der Waals surface area (Å²) < 4.78 is 0. The molecule has 0 unspecified atom stereocenters. The van der Waals surface area contributed by atoms with E-state index in [-0.39, 0.29) is 11.8 Å². The highest BCUT2D eigenvalue weighted by Crippen LogP contribution is 2.44. The van der Waals surface area contributed by atoms with Crippen molar-refractivity contribution in [2.75, 3.05) is 0 Å². The van der Waals surface area contributed by atoms with Crippen molar-refractivity contribution in [3.05, 3.63) is 35.5 Å². The lowest BCUT2D eigenvalue weighted by molar-refractivity contribution is -0.137. The molecule has 3 rings (SSSR count). The molecule has 3 heteroatoms. The average Bonchev–Trinajstić information content (AvgIpc) is 2.87. The molecule has 0 radical (unpaired) electrons. The number of aromatic amines is 1. The number of aryl methyl sites for hydroxylation is 1. The SMILES string of the molecule is C[C@]1(CCC(=O)O)CCc2c1[nH]c1ccccc21. The van der Waals surface area contributed by atoms with Crippen molar-refractivity contribution in [3.8, 4) is 0 Å². The van der Waals surface area contributed by atoms with Gasteiger partial charge in [-0.15, -0.1) is 0 Å². The number of H-pyrrole nitrogens is 1. The first-order chi connectivity index (χ1) is 8.60. The molecular formula is C15H17NO2. The maximum Gasteiger partial charge on any atom is 0.303 e. The number of carbonyl (C=O) groups is 1. The first-order valence-corrected chi connectivity index (χ1v) is 6.42. The molecule has 0 saturated heterocycles. The highest BCUT2D eigenvalue weighted by Gasteiger charge is 2.37. The predicted molar refractivity (Wildman–Crippen MR) is 70.8 cm³/mol. The monoisotopic (exact) mass is 243 g/mol. The Morgan fingerprint density at radius 3 is 3.00 bits per heavy atom. The van der Waals surface area contributed by atoms with Crippen molar-refractivity contribution >= 4 is 16.9 Å². The molecule has 1 aromatic heterocycles. The van der Waals surface area contributed by atoms with Gasteiger partial charge in [-0.3, -0.25) is 4.79 Å². The van der Waals surface area contributed by atoms with Gasteiger partial charge in [0.1, 0.15) is 0 Å². The molecule has 0 fully saturated rings. The molecule has 1 heterocycles. The van der Waals surface area contributed by atoms with Gasteiger partial charge < -0.3 is 10.1 Å². The number of aliphatic carboxylic acids is 1. The van der Waals surface area contributed by atoms with Crippen LogP contribution in [0.2, 0.25) is 0 Å². The van der Waals surface area contributed by atoms with E-state index in [1.54, 1.807) is 0 Å². The van der Waals surface area contributed by atoms with Gasteiger partial charge in [0.15, 0.2) is 0 Å². The second-order valence-electron chi connectivity index (χ2n) is 5.48. The first-order valence-electron chi connectivity index (χ1n) is 6.42. The molecule has 1 atom stereocenters. The van der Waals surface area contributed by atoms with Crippen LogP contribution in [0.25, 0.3) is 10.9 Å². The summed E-state index contributed by atoms with van der Waals surface area (Å²) in [7, 11) is 0. The number of rotatable bonds is 3. The fourth-order valence-corrected chi connectivity index (χ4v) is 3.13. The smallest absolute Gasteiger partial charge is 0.303 e. The van der Waals surface area contributed by atoms with Crippen LogP contribution in [0.5, 0.6) is 0 Å². The van der Waals surface area contributed by atoms with Crippen molar-refractivity contribution in [2.24, 2.45) is 0 Å². The number of fused-ring (bicyclic) bond motifs is 3. The van der Waals surface area contributed by atoms with Gasteiger partial charge in [0, 0.05) is 28.4 Å². The van der Waals surface area contributed by atoms with Gasteiger partial charge in [0.25, 0.3) is 0 Å². The van der Waals surface area contributed by atoms with E-state index in [0.717, 1.165) is 12.8 Å².